The zero-order valence-electron chi connectivity index (χ0n) is 18.1. The number of hydrogen-bond donors (Lipinski definition) is 2. The van der Waals surface area contributed by atoms with Gasteiger partial charge in [-0.2, -0.15) is 5.26 Å². The van der Waals surface area contributed by atoms with Crippen LogP contribution in [0.4, 0.5) is 5.69 Å². The third-order valence-electron chi connectivity index (χ3n) is 5.76. The van der Waals surface area contributed by atoms with E-state index in [0.29, 0.717) is 34.6 Å². The first-order chi connectivity index (χ1) is 14.8. The molecular formula is C22H28N5O4-. The molecule has 2 aliphatic heterocycles. The van der Waals surface area contributed by atoms with Crippen molar-refractivity contribution in [3.05, 3.63) is 57.6 Å². The van der Waals surface area contributed by atoms with Gasteiger partial charge >= 0.3 is 5.97 Å². The zero-order valence-corrected chi connectivity index (χ0v) is 18.1. The smallest absolute Gasteiger partial charge is 0.336 e. The minimum absolute atomic E-state index is 0.0198. The number of nitrogens with one attached hydrogen (secondary N) is 1. The van der Waals surface area contributed by atoms with Gasteiger partial charge in [-0.25, -0.2) is 4.79 Å². The summed E-state index contributed by atoms with van der Waals surface area (Å²) in [4.78, 5) is 17.6. The highest BCUT2D eigenvalue weighted by atomic mass is 16.8. The highest BCUT2D eigenvalue weighted by Crippen LogP contribution is 2.39. The summed E-state index contributed by atoms with van der Waals surface area (Å²) in [5.41, 5.74) is 2.49. The Balaban J connectivity index is 1.81. The van der Waals surface area contributed by atoms with E-state index in [4.69, 9.17) is 4.74 Å². The van der Waals surface area contributed by atoms with Crippen LogP contribution in [0, 0.1) is 16.5 Å². The van der Waals surface area contributed by atoms with Gasteiger partial charge in [-0.1, -0.05) is 12.1 Å². The molecule has 1 aromatic rings. The van der Waals surface area contributed by atoms with Gasteiger partial charge in [-0.15, -0.1) is 0 Å². The van der Waals surface area contributed by atoms with Gasteiger partial charge in [0.05, 0.1) is 28.8 Å². The van der Waals surface area contributed by atoms with Crippen LogP contribution in [0.15, 0.2) is 46.8 Å². The normalized spacial score (nSPS) is 20.3. The van der Waals surface area contributed by atoms with Gasteiger partial charge in [0.1, 0.15) is 6.61 Å². The average Bonchev–Trinajstić information content (AvgIpc) is 2.74. The van der Waals surface area contributed by atoms with E-state index in [1.54, 1.807) is 26.0 Å². The fraction of sp³-hybridized carbons (Fsp3) is 0.455. The van der Waals surface area contributed by atoms with Crippen LogP contribution in [0.1, 0.15) is 25.3 Å². The monoisotopic (exact) mass is 426 g/mol. The number of carbonyl (C=O) groups is 1. The lowest BCUT2D eigenvalue weighted by Gasteiger charge is -2.32. The van der Waals surface area contributed by atoms with Gasteiger partial charge < -0.3 is 25.4 Å². The number of esters is 1. The number of likely N-dealkylation sites (N-methyl/N-ethyl adjacent to an activating group) is 1. The average molecular weight is 426 g/mol. The van der Waals surface area contributed by atoms with Crippen molar-refractivity contribution in [3.63, 3.8) is 0 Å². The molecule has 1 fully saturated rings. The molecule has 166 valence electrons. The van der Waals surface area contributed by atoms with E-state index in [1.807, 2.05) is 0 Å². The molecule has 1 unspecified atom stereocenters. The first-order valence-electron chi connectivity index (χ1n) is 10.2. The van der Waals surface area contributed by atoms with Crippen LogP contribution in [0.25, 0.3) is 0 Å². The molecule has 0 bridgehead atoms. The molecule has 2 N–H and O–H groups in total. The van der Waals surface area contributed by atoms with Gasteiger partial charge in [0.2, 0.25) is 0 Å². The van der Waals surface area contributed by atoms with Crippen LogP contribution in [-0.2, 0) is 9.53 Å². The maximum absolute atomic E-state index is 13.1. The molecule has 0 amide bonds. The number of benzene rings is 1. The Morgan fingerprint density at radius 3 is 2.68 bits per heavy atom. The number of nitrogens with zero attached hydrogens (tertiary/aromatic N) is 4. The molecule has 0 saturated carbocycles. The summed E-state index contributed by atoms with van der Waals surface area (Å²) >= 11 is 0. The molecule has 1 atom stereocenters. The standard InChI is InChI=1S/C22H28N5O4/c1-15-19(14-23)21(17-5-4-6-18(13-17)27(29)30)20(16(2)24-15)22(28)31-12-11-26-9-7-25(3)8-10-26/h4-6,13,21,24,29H,7-12H2,1-3H3/q-1. The Morgan fingerprint density at radius 2 is 2.03 bits per heavy atom. The molecule has 9 heteroatoms. The molecule has 1 saturated heterocycles. The summed E-state index contributed by atoms with van der Waals surface area (Å²) in [6.07, 6.45) is 0. The van der Waals surface area contributed by atoms with Crippen LogP contribution in [0.5, 0.6) is 0 Å². The first kappa shape index (κ1) is 22.8. The lowest BCUT2D eigenvalue weighted by Crippen LogP contribution is -2.45. The number of dihydropyridines is 1. The Kier molecular flexibility index (Phi) is 7.30. The van der Waals surface area contributed by atoms with Gasteiger partial charge in [0.25, 0.3) is 0 Å². The van der Waals surface area contributed by atoms with E-state index in [-0.39, 0.29) is 17.5 Å². The molecule has 0 aliphatic carbocycles. The summed E-state index contributed by atoms with van der Waals surface area (Å²) < 4.78 is 5.59. The van der Waals surface area contributed by atoms with Crippen molar-refractivity contribution in [3.8, 4) is 6.07 Å². The fourth-order valence-corrected chi connectivity index (χ4v) is 3.99. The summed E-state index contributed by atoms with van der Waals surface area (Å²) in [6.45, 7) is 8.25. The Bertz CT molecular complexity index is 926. The second-order valence-electron chi connectivity index (χ2n) is 7.90. The number of allylic oxidation sites excluding steroid dienone is 3. The highest BCUT2D eigenvalue weighted by molar-refractivity contribution is 5.93. The van der Waals surface area contributed by atoms with E-state index in [2.05, 4.69) is 28.2 Å². The second kappa shape index (κ2) is 9.94. The van der Waals surface area contributed by atoms with Crippen molar-refractivity contribution in [2.75, 3.05) is 51.6 Å². The molecule has 2 heterocycles. The highest BCUT2D eigenvalue weighted by Gasteiger charge is 2.34. The topological polar surface area (TPSA) is 115 Å². The molecule has 9 nitrogen and oxygen atoms in total. The number of ether oxygens (including phenoxy) is 1. The summed E-state index contributed by atoms with van der Waals surface area (Å²) in [5.74, 6) is -1.19. The van der Waals surface area contributed by atoms with Crippen molar-refractivity contribution in [1.82, 2.24) is 15.1 Å². The van der Waals surface area contributed by atoms with Crippen molar-refractivity contribution in [1.29, 1.82) is 5.26 Å². The largest absolute Gasteiger partial charge is 0.733 e. The number of carbonyl (C=O) groups excluding carboxylic acids is 1. The van der Waals surface area contributed by atoms with Gasteiger partial charge in [-0.05, 0) is 38.6 Å². The van der Waals surface area contributed by atoms with Crippen molar-refractivity contribution in [2.24, 2.45) is 0 Å². The number of rotatable bonds is 6. The first-order valence-corrected chi connectivity index (χ1v) is 10.2. The number of anilines is 1. The molecule has 3 rings (SSSR count). The van der Waals surface area contributed by atoms with E-state index in [0.717, 1.165) is 26.2 Å². The lowest BCUT2D eigenvalue weighted by atomic mass is 9.81. The van der Waals surface area contributed by atoms with Crippen LogP contribution in [0.3, 0.4) is 0 Å². The van der Waals surface area contributed by atoms with E-state index in [1.165, 1.54) is 12.1 Å². The van der Waals surface area contributed by atoms with E-state index < -0.39 is 11.9 Å². The molecule has 0 spiro atoms. The van der Waals surface area contributed by atoms with Crippen molar-refractivity contribution in [2.45, 2.75) is 19.8 Å². The molecule has 1 aromatic carbocycles. The van der Waals surface area contributed by atoms with Crippen molar-refractivity contribution >= 4 is 11.7 Å². The van der Waals surface area contributed by atoms with Gasteiger partial charge in [-0.3, -0.25) is 10.1 Å². The predicted molar refractivity (Wildman–Crippen MR) is 116 cm³/mol. The minimum Gasteiger partial charge on any atom is -0.733 e. The molecule has 0 radical (unpaired) electrons. The summed E-state index contributed by atoms with van der Waals surface area (Å²) in [6, 6.07) is 8.42. The quantitative estimate of drug-likeness (QED) is 0.520. The van der Waals surface area contributed by atoms with E-state index >= 15 is 0 Å². The minimum atomic E-state index is -0.692. The zero-order chi connectivity index (χ0) is 22.5. The fourth-order valence-electron chi connectivity index (χ4n) is 3.99. The predicted octanol–water partition coefficient (Wildman–Crippen LogP) is 1.93. The summed E-state index contributed by atoms with van der Waals surface area (Å²) in [5, 5.41) is 33.3. The summed E-state index contributed by atoms with van der Waals surface area (Å²) in [7, 11) is 2.09. The number of piperazine rings is 1. The molecule has 2 aliphatic rings. The van der Waals surface area contributed by atoms with Crippen LogP contribution in [-0.4, -0.2) is 67.4 Å². The Labute approximate surface area is 182 Å². The number of hydrogen-bond acceptors (Lipinski definition) is 9. The molecule has 31 heavy (non-hydrogen) atoms. The van der Waals surface area contributed by atoms with Crippen LogP contribution in [0.2, 0.25) is 0 Å². The molecular weight excluding hydrogens is 398 g/mol. The van der Waals surface area contributed by atoms with Gasteiger partial charge in [0, 0.05) is 44.1 Å². The van der Waals surface area contributed by atoms with Crippen LogP contribution >= 0.6 is 0 Å². The Morgan fingerprint density at radius 1 is 1.32 bits per heavy atom. The third-order valence-corrected chi connectivity index (χ3v) is 5.76. The second-order valence-corrected chi connectivity index (χ2v) is 7.90. The van der Waals surface area contributed by atoms with Gasteiger partial charge in [0.15, 0.2) is 0 Å². The van der Waals surface area contributed by atoms with Crippen molar-refractivity contribution < 1.29 is 14.7 Å². The molecule has 0 aromatic heterocycles. The van der Waals surface area contributed by atoms with E-state index in [9.17, 15) is 20.5 Å². The Hall–Kier alpha value is -2.90. The third kappa shape index (κ3) is 5.24. The lowest BCUT2D eigenvalue weighted by molar-refractivity contribution is -0.139. The van der Waals surface area contributed by atoms with Crippen LogP contribution < -0.4 is 10.5 Å². The maximum atomic E-state index is 13.1. The number of nitriles is 1. The maximum Gasteiger partial charge on any atom is 0.336 e. The SMILES string of the molecule is CC1=C(C#N)C(c2cccc(N([O-])O)c2)C(C(=O)OCCN2CCN(C)CC2)=C(C)N1.